The highest BCUT2D eigenvalue weighted by molar-refractivity contribution is 9.09. The number of rotatable bonds is 0. The minimum atomic E-state index is 0.438. The summed E-state index contributed by atoms with van der Waals surface area (Å²) in [5, 5.41) is 0.438. The normalized spacial score (nSPS) is 39.8. The van der Waals surface area contributed by atoms with Crippen molar-refractivity contribution in [1.29, 1.82) is 0 Å². The quantitative estimate of drug-likeness (QED) is 0.524. The van der Waals surface area contributed by atoms with Gasteiger partial charge in [0.2, 0.25) is 0 Å². The lowest BCUT2D eigenvalue weighted by Gasteiger charge is -2.19. The molecule has 0 bridgehead atoms. The SMILES string of the molecule is ClC1CCCC(Br)C1. The Morgan fingerprint density at radius 2 is 2.12 bits per heavy atom. The first-order valence-electron chi connectivity index (χ1n) is 3.07. The topological polar surface area (TPSA) is 0 Å². The van der Waals surface area contributed by atoms with Gasteiger partial charge in [0.15, 0.2) is 0 Å². The van der Waals surface area contributed by atoms with Crippen molar-refractivity contribution in [1.82, 2.24) is 0 Å². The van der Waals surface area contributed by atoms with E-state index in [2.05, 4.69) is 15.9 Å². The van der Waals surface area contributed by atoms with Gasteiger partial charge in [0.1, 0.15) is 0 Å². The Labute approximate surface area is 63.7 Å². The standard InChI is InChI=1S/C6H10BrCl/c7-5-2-1-3-6(8)4-5/h5-6H,1-4H2. The predicted octanol–water partition coefficient (Wildman–Crippen LogP) is 2.93. The van der Waals surface area contributed by atoms with Crippen LogP contribution in [-0.2, 0) is 0 Å². The summed E-state index contributed by atoms with van der Waals surface area (Å²) in [5.74, 6) is 0. The average Bonchev–Trinajstić information content (AvgIpc) is 1.64. The molecule has 2 heteroatoms. The van der Waals surface area contributed by atoms with E-state index in [0.29, 0.717) is 10.2 Å². The summed E-state index contributed by atoms with van der Waals surface area (Å²) < 4.78 is 0. The average molecular weight is 198 g/mol. The minimum Gasteiger partial charge on any atom is -0.123 e. The lowest BCUT2D eigenvalue weighted by molar-refractivity contribution is 0.528. The van der Waals surface area contributed by atoms with E-state index in [1.54, 1.807) is 0 Å². The van der Waals surface area contributed by atoms with E-state index in [0.717, 1.165) is 6.42 Å². The van der Waals surface area contributed by atoms with Crippen LogP contribution in [0.2, 0.25) is 0 Å². The van der Waals surface area contributed by atoms with Crippen molar-refractivity contribution in [3.05, 3.63) is 0 Å². The van der Waals surface area contributed by atoms with Crippen LogP contribution in [0.15, 0.2) is 0 Å². The van der Waals surface area contributed by atoms with Crippen LogP contribution < -0.4 is 0 Å². The molecule has 0 aromatic carbocycles. The van der Waals surface area contributed by atoms with Gasteiger partial charge < -0.3 is 0 Å². The molecule has 1 saturated carbocycles. The molecular formula is C6H10BrCl. The van der Waals surface area contributed by atoms with Crippen molar-refractivity contribution >= 4 is 27.5 Å². The third kappa shape index (κ3) is 1.94. The Kier molecular flexibility index (Phi) is 2.64. The van der Waals surface area contributed by atoms with Crippen LogP contribution in [0.4, 0.5) is 0 Å². The molecule has 0 saturated heterocycles. The van der Waals surface area contributed by atoms with E-state index >= 15 is 0 Å². The molecule has 0 aliphatic heterocycles. The van der Waals surface area contributed by atoms with Crippen LogP contribution in [0.5, 0.6) is 0 Å². The molecule has 1 rings (SSSR count). The van der Waals surface area contributed by atoms with Gasteiger partial charge in [-0.3, -0.25) is 0 Å². The summed E-state index contributed by atoms with van der Waals surface area (Å²) >= 11 is 9.43. The third-order valence-electron chi connectivity index (χ3n) is 1.55. The molecule has 0 amide bonds. The summed E-state index contributed by atoms with van der Waals surface area (Å²) in [5.41, 5.74) is 0. The van der Waals surface area contributed by atoms with Gasteiger partial charge in [0, 0.05) is 10.2 Å². The van der Waals surface area contributed by atoms with Gasteiger partial charge in [0.05, 0.1) is 0 Å². The van der Waals surface area contributed by atoms with E-state index in [4.69, 9.17) is 11.6 Å². The largest absolute Gasteiger partial charge is 0.123 e. The van der Waals surface area contributed by atoms with Crippen LogP contribution in [0.25, 0.3) is 0 Å². The first kappa shape index (κ1) is 6.88. The second kappa shape index (κ2) is 3.07. The van der Waals surface area contributed by atoms with Crippen LogP contribution in [0, 0.1) is 0 Å². The lowest BCUT2D eigenvalue weighted by atomic mass is 10.0. The highest BCUT2D eigenvalue weighted by atomic mass is 79.9. The zero-order valence-corrected chi connectivity index (χ0v) is 7.08. The van der Waals surface area contributed by atoms with E-state index in [1.165, 1.54) is 19.3 Å². The van der Waals surface area contributed by atoms with Crippen molar-refractivity contribution in [2.75, 3.05) is 0 Å². The van der Waals surface area contributed by atoms with Crippen molar-refractivity contribution < 1.29 is 0 Å². The molecule has 0 heterocycles. The van der Waals surface area contributed by atoms with Crippen molar-refractivity contribution in [3.63, 3.8) is 0 Å². The molecule has 2 unspecified atom stereocenters. The number of alkyl halides is 2. The monoisotopic (exact) mass is 196 g/mol. The summed E-state index contributed by atoms with van der Waals surface area (Å²) in [6.45, 7) is 0. The minimum absolute atomic E-state index is 0.438. The van der Waals surface area contributed by atoms with Gasteiger partial charge in [-0.25, -0.2) is 0 Å². The molecule has 1 aliphatic rings. The maximum Gasteiger partial charge on any atom is 0.0346 e. The Balaban J connectivity index is 2.23. The molecular weight excluding hydrogens is 187 g/mol. The van der Waals surface area contributed by atoms with Crippen molar-refractivity contribution in [2.24, 2.45) is 0 Å². The maximum atomic E-state index is 5.88. The predicted molar refractivity (Wildman–Crippen MR) is 40.8 cm³/mol. The number of hydrogen-bond acceptors (Lipinski definition) is 0. The molecule has 2 atom stereocenters. The molecule has 0 radical (unpaired) electrons. The van der Waals surface area contributed by atoms with E-state index < -0.39 is 0 Å². The number of hydrogen-bond donors (Lipinski definition) is 0. The summed E-state index contributed by atoms with van der Waals surface area (Å²) in [7, 11) is 0. The molecule has 0 spiro atoms. The van der Waals surface area contributed by atoms with E-state index in [-0.39, 0.29) is 0 Å². The van der Waals surface area contributed by atoms with Crippen LogP contribution in [-0.4, -0.2) is 10.2 Å². The fourth-order valence-electron chi connectivity index (χ4n) is 1.07. The van der Waals surface area contributed by atoms with Gasteiger partial charge in [-0.2, -0.15) is 0 Å². The number of halogens is 2. The Bertz CT molecular complexity index is 66.9. The highest BCUT2D eigenvalue weighted by Gasteiger charge is 2.16. The molecule has 48 valence electrons. The molecule has 0 aromatic heterocycles. The molecule has 0 N–H and O–H groups in total. The lowest BCUT2D eigenvalue weighted by Crippen LogP contribution is -2.14. The first-order valence-corrected chi connectivity index (χ1v) is 4.42. The zero-order valence-electron chi connectivity index (χ0n) is 4.74. The maximum absolute atomic E-state index is 5.88. The van der Waals surface area contributed by atoms with Gasteiger partial charge in [-0.1, -0.05) is 22.4 Å². The summed E-state index contributed by atoms with van der Waals surface area (Å²) in [6.07, 6.45) is 4.97. The second-order valence-corrected chi connectivity index (χ2v) is 4.27. The third-order valence-corrected chi connectivity index (χ3v) is 2.77. The molecule has 0 nitrogen and oxygen atoms in total. The van der Waals surface area contributed by atoms with Crippen LogP contribution in [0.3, 0.4) is 0 Å². The Morgan fingerprint density at radius 3 is 2.50 bits per heavy atom. The van der Waals surface area contributed by atoms with Crippen molar-refractivity contribution in [3.8, 4) is 0 Å². The molecule has 8 heavy (non-hydrogen) atoms. The summed E-state index contributed by atoms with van der Waals surface area (Å²) in [6, 6.07) is 0. The Morgan fingerprint density at radius 1 is 1.38 bits per heavy atom. The van der Waals surface area contributed by atoms with Crippen LogP contribution in [0.1, 0.15) is 25.7 Å². The zero-order chi connectivity index (χ0) is 5.98. The smallest absolute Gasteiger partial charge is 0.0346 e. The summed E-state index contributed by atoms with van der Waals surface area (Å²) in [4.78, 5) is 0.693. The van der Waals surface area contributed by atoms with Gasteiger partial charge in [-0.15, -0.1) is 11.6 Å². The molecule has 0 aromatic rings. The Hall–Kier alpha value is 0.770. The van der Waals surface area contributed by atoms with Gasteiger partial charge in [0.25, 0.3) is 0 Å². The van der Waals surface area contributed by atoms with Crippen molar-refractivity contribution in [2.45, 2.75) is 35.9 Å². The fourth-order valence-corrected chi connectivity index (χ4v) is 2.43. The first-order chi connectivity index (χ1) is 3.79. The highest BCUT2D eigenvalue weighted by Crippen LogP contribution is 2.27. The van der Waals surface area contributed by atoms with Gasteiger partial charge in [-0.05, 0) is 19.3 Å². The second-order valence-electron chi connectivity index (χ2n) is 2.36. The molecule has 1 fully saturated rings. The van der Waals surface area contributed by atoms with E-state index in [9.17, 15) is 0 Å². The fraction of sp³-hybridized carbons (Fsp3) is 1.00. The van der Waals surface area contributed by atoms with Gasteiger partial charge >= 0.3 is 0 Å². The molecule has 1 aliphatic carbocycles. The van der Waals surface area contributed by atoms with E-state index in [1.807, 2.05) is 0 Å². The van der Waals surface area contributed by atoms with Crippen LogP contribution >= 0.6 is 27.5 Å².